The zero-order valence-corrected chi connectivity index (χ0v) is 14.3. The van der Waals surface area contributed by atoms with Crippen molar-refractivity contribution in [1.29, 1.82) is 0 Å². The third-order valence-electron chi connectivity index (χ3n) is 4.76. The first-order valence-electron chi connectivity index (χ1n) is 8.35. The van der Waals surface area contributed by atoms with Crippen LogP contribution in [-0.4, -0.2) is 19.1 Å². The van der Waals surface area contributed by atoms with Crippen molar-refractivity contribution in [2.75, 3.05) is 18.5 Å². The highest BCUT2D eigenvalue weighted by Crippen LogP contribution is 2.31. The van der Waals surface area contributed by atoms with E-state index in [1.807, 2.05) is 18.2 Å². The molecule has 0 bridgehead atoms. The van der Waals surface area contributed by atoms with Gasteiger partial charge in [-0.1, -0.05) is 17.7 Å². The molecule has 0 saturated carbocycles. The topological polar surface area (TPSA) is 50.4 Å². The predicted molar refractivity (Wildman–Crippen MR) is 94.6 cm³/mol. The van der Waals surface area contributed by atoms with E-state index in [9.17, 15) is 9.18 Å². The van der Waals surface area contributed by atoms with Crippen molar-refractivity contribution in [3.05, 3.63) is 57.9 Å². The van der Waals surface area contributed by atoms with E-state index in [0.29, 0.717) is 30.0 Å². The Bertz CT molecular complexity index is 840. The molecular formula is C19H18ClFN2O2. The van der Waals surface area contributed by atoms with Gasteiger partial charge in [0.1, 0.15) is 18.2 Å². The Morgan fingerprint density at radius 1 is 1.28 bits per heavy atom. The molecule has 25 heavy (non-hydrogen) atoms. The smallest absolute Gasteiger partial charge is 0.231 e. The van der Waals surface area contributed by atoms with Crippen molar-refractivity contribution < 1.29 is 13.9 Å². The first kappa shape index (κ1) is 16.4. The summed E-state index contributed by atoms with van der Waals surface area (Å²) in [5.41, 5.74) is 2.78. The summed E-state index contributed by atoms with van der Waals surface area (Å²) in [4.78, 5) is 12.6. The minimum absolute atomic E-state index is 0.238. The summed E-state index contributed by atoms with van der Waals surface area (Å²) in [6.07, 6.45) is 1.15. The second kappa shape index (κ2) is 6.65. The van der Waals surface area contributed by atoms with Crippen molar-refractivity contribution in [3.63, 3.8) is 0 Å². The Kier molecular flexibility index (Phi) is 4.36. The van der Waals surface area contributed by atoms with E-state index in [-0.39, 0.29) is 29.9 Å². The lowest BCUT2D eigenvalue weighted by Crippen LogP contribution is -2.33. The quantitative estimate of drug-likeness (QED) is 0.863. The Hall–Kier alpha value is -2.11. The highest BCUT2D eigenvalue weighted by atomic mass is 35.5. The lowest BCUT2D eigenvalue weighted by molar-refractivity contribution is -0.121. The number of carbonyl (C=O) groups is 1. The fourth-order valence-electron chi connectivity index (χ4n) is 3.40. The normalized spacial score (nSPS) is 18.7. The number of fused-ring (bicyclic) bond motifs is 2. The summed E-state index contributed by atoms with van der Waals surface area (Å²) in [5.74, 6) is -0.185. The highest BCUT2D eigenvalue weighted by Gasteiger charge is 2.27. The molecule has 0 saturated heterocycles. The van der Waals surface area contributed by atoms with Crippen molar-refractivity contribution in [2.24, 2.45) is 5.92 Å². The monoisotopic (exact) mass is 360 g/mol. The Morgan fingerprint density at radius 3 is 3.04 bits per heavy atom. The van der Waals surface area contributed by atoms with Crippen LogP contribution in [0.25, 0.3) is 0 Å². The maximum Gasteiger partial charge on any atom is 0.231 e. The van der Waals surface area contributed by atoms with Gasteiger partial charge in [0.15, 0.2) is 0 Å². The van der Waals surface area contributed by atoms with E-state index in [1.54, 1.807) is 12.1 Å². The number of rotatable bonds is 2. The molecule has 2 heterocycles. The number of benzene rings is 2. The van der Waals surface area contributed by atoms with E-state index in [4.69, 9.17) is 16.3 Å². The van der Waals surface area contributed by atoms with Crippen LogP contribution in [0.3, 0.4) is 0 Å². The summed E-state index contributed by atoms with van der Waals surface area (Å²) < 4.78 is 20.3. The molecule has 1 atom stereocenters. The van der Waals surface area contributed by atoms with Crippen LogP contribution >= 0.6 is 11.6 Å². The predicted octanol–water partition coefficient (Wildman–Crippen LogP) is 3.31. The zero-order chi connectivity index (χ0) is 17.4. The summed E-state index contributed by atoms with van der Waals surface area (Å²) in [6.45, 7) is 1.68. The molecule has 0 aliphatic carbocycles. The molecule has 1 amide bonds. The number of anilines is 1. The summed E-state index contributed by atoms with van der Waals surface area (Å²) in [6, 6.07) is 8.88. The second-order valence-corrected chi connectivity index (χ2v) is 6.88. The lowest BCUT2D eigenvalue weighted by Gasteiger charge is -2.25. The molecule has 2 aliphatic heterocycles. The first-order chi connectivity index (χ1) is 12.1. The molecule has 4 nitrogen and oxygen atoms in total. The highest BCUT2D eigenvalue weighted by molar-refractivity contribution is 6.30. The molecule has 6 heteroatoms. The van der Waals surface area contributed by atoms with Crippen LogP contribution in [0.1, 0.15) is 16.7 Å². The van der Waals surface area contributed by atoms with Gasteiger partial charge in [0.25, 0.3) is 0 Å². The maximum absolute atomic E-state index is 14.7. The summed E-state index contributed by atoms with van der Waals surface area (Å²) in [7, 11) is 0. The number of ether oxygens (including phenoxy) is 1. The van der Waals surface area contributed by atoms with Gasteiger partial charge in [-0.05, 0) is 60.3 Å². The molecular weight excluding hydrogens is 343 g/mol. The fraction of sp³-hybridized carbons (Fsp3) is 0.316. The molecule has 2 aromatic rings. The zero-order valence-electron chi connectivity index (χ0n) is 13.6. The van der Waals surface area contributed by atoms with Gasteiger partial charge in [-0.25, -0.2) is 4.39 Å². The largest absolute Gasteiger partial charge is 0.492 e. The van der Waals surface area contributed by atoms with Crippen LogP contribution in [0.15, 0.2) is 30.3 Å². The molecule has 2 N–H and O–H groups in total. The van der Waals surface area contributed by atoms with Crippen molar-refractivity contribution >= 4 is 23.2 Å². The van der Waals surface area contributed by atoms with E-state index in [1.165, 1.54) is 0 Å². The van der Waals surface area contributed by atoms with Crippen LogP contribution in [0, 0.1) is 11.7 Å². The van der Waals surface area contributed by atoms with E-state index >= 15 is 0 Å². The van der Waals surface area contributed by atoms with Gasteiger partial charge in [-0.2, -0.15) is 0 Å². The van der Waals surface area contributed by atoms with Gasteiger partial charge < -0.3 is 15.4 Å². The Labute approximate surface area is 150 Å². The molecule has 1 unspecified atom stereocenters. The molecule has 0 radical (unpaired) electrons. The first-order valence-corrected chi connectivity index (χ1v) is 8.72. The molecule has 0 aromatic heterocycles. The molecule has 2 aliphatic rings. The minimum Gasteiger partial charge on any atom is -0.492 e. The third kappa shape index (κ3) is 3.22. The van der Waals surface area contributed by atoms with Gasteiger partial charge in [-0.3, -0.25) is 4.79 Å². The molecule has 4 rings (SSSR count). The van der Waals surface area contributed by atoms with Crippen molar-refractivity contribution in [3.8, 4) is 5.75 Å². The summed E-state index contributed by atoms with van der Waals surface area (Å²) >= 11 is 6.01. The number of nitrogens with one attached hydrogen (secondary N) is 2. The number of amides is 1. The molecule has 0 spiro atoms. The number of carbonyl (C=O) groups excluding carboxylic acids is 1. The van der Waals surface area contributed by atoms with E-state index < -0.39 is 0 Å². The Morgan fingerprint density at radius 2 is 2.16 bits per heavy atom. The Balaban J connectivity index is 1.51. The number of hydrogen-bond donors (Lipinski definition) is 2. The number of hydrogen-bond acceptors (Lipinski definition) is 3. The fourth-order valence-corrected chi connectivity index (χ4v) is 3.59. The maximum atomic E-state index is 14.7. The average Bonchev–Trinajstić information content (AvgIpc) is 2.63. The molecule has 2 aromatic carbocycles. The minimum atomic E-state index is -0.372. The van der Waals surface area contributed by atoms with Crippen molar-refractivity contribution in [2.45, 2.75) is 19.4 Å². The van der Waals surface area contributed by atoms with E-state index in [0.717, 1.165) is 23.4 Å². The summed E-state index contributed by atoms with van der Waals surface area (Å²) in [5, 5.41) is 6.55. The van der Waals surface area contributed by atoms with Crippen LogP contribution in [0.5, 0.6) is 5.75 Å². The second-order valence-electron chi connectivity index (χ2n) is 6.44. The number of halogens is 2. The average molecular weight is 361 g/mol. The van der Waals surface area contributed by atoms with Gasteiger partial charge in [0.05, 0.1) is 11.6 Å². The van der Waals surface area contributed by atoms with Gasteiger partial charge in [0.2, 0.25) is 5.91 Å². The van der Waals surface area contributed by atoms with Crippen LogP contribution < -0.4 is 15.4 Å². The van der Waals surface area contributed by atoms with Crippen LogP contribution in [-0.2, 0) is 24.2 Å². The SMILES string of the molecule is O=C(Nc1ccc2c(c1F)CCNC2)C1COc2ccc(Cl)cc2C1. The molecule has 0 fully saturated rings. The van der Waals surface area contributed by atoms with Gasteiger partial charge in [-0.15, -0.1) is 0 Å². The van der Waals surface area contributed by atoms with E-state index in [2.05, 4.69) is 10.6 Å². The standard InChI is InChI=1S/C19H18ClFN2O2/c20-14-2-4-17-12(8-14)7-13(10-25-17)19(24)23-16-3-1-11-9-22-6-5-15(11)18(16)21/h1-4,8,13,22H,5-7,9-10H2,(H,23,24). The third-order valence-corrected chi connectivity index (χ3v) is 5.00. The van der Waals surface area contributed by atoms with Gasteiger partial charge >= 0.3 is 0 Å². The van der Waals surface area contributed by atoms with Crippen LogP contribution in [0.4, 0.5) is 10.1 Å². The van der Waals surface area contributed by atoms with Crippen molar-refractivity contribution in [1.82, 2.24) is 5.32 Å². The van der Waals surface area contributed by atoms with Gasteiger partial charge in [0, 0.05) is 11.6 Å². The lowest BCUT2D eigenvalue weighted by atomic mass is 9.95. The van der Waals surface area contributed by atoms with Crippen LogP contribution in [0.2, 0.25) is 5.02 Å². The molecule has 130 valence electrons.